The molecule has 0 spiro atoms. The van der Waals surface area contributed by atoms with Crippen LogP contribution in [0.25, 0.3) is 0 Å². The first kappa shape index (κ1) is 17.0. The maximum atomic E-state index is 12.2. The van der Waals surface area contributed by atoms with Crippen molar-refractivity contribution in [3.63, 3.8) is 0 Å². The topological polar surface area (TPSA) is 66.8 Å². The van der Waals surface area contributed by atoms with Gasteiger partial charge in [-0.05, 0) is 12.3 Å². The zero-order valence-electron chi connectivity index (χ0n) is 13.3. The Morgan fingerprint density at radius 2 is 2.09 bits per heavy atom. The minimum atomic E-state index is -2.97. The van der Waals surface area contributed by atoms with E-state index in [1.807, 2.05) is 4.90 Å². The maximum absolute atomic E-state index is 12.2. The van der Waals surface area contributed by atoms with Crippen LogP contribution in [0.3, 0.4) is 0 Å². The first-order valence-electron chi connectivity index (χ1n) is 8.34. The number of nitrogens with zero attached hydrogens (tertiary/aromatic N) is 2. The lowest BCUT2D eigenvalue weighted by Crippen LogP contribution is -2.37. The second-order valence-corrected chi connectivity index (χ2v) is 10.1. The third-order valence-corrected chi connectivity index (χ3v) is 8.21. The molecule has 3 aliphatic rings. The highest BCUT2D eigenvalue weighted by Gasteiger charge is 2.48. The number of hydrogen-bond acceptors (Lipinski definition) is 4. The largest absolute Gasteiger partial charge is 0.342 e. The Hall–Kier alpha value is -0.820. The third kappa shape index (κ3) is 3.99. The van der Waals surface area contributed by atoms with Crippen LogP contribution in [0.4, 0.5) is 0 Å². The molecular formula is C16H24N2O3S2. The predicted molar refractivity (Wildman–Crippen MR) is 94.4 cm³/mol. The fraction of sp³-hybridized carbons (Fsp3) is 0.750. The molecule has 2 saturated heterocycles. The van der Waals surface area contributed by atoms with Crippen molar-refractivity contribution in [1.82, 2.24) is 4.90 Å². The lowest BCUT2D eigenvalue weighted by molar-refractivity contribution is -0.118. The van der Waals surface area contributed by atoms with E-state index >= 15 is 0 Å². The number of carbonyl (C=O) groups is 1. The molecule has 1 saturated carbocycles. The molecule has 1 amide bonds. The van der Waals surface area contributed by atoms with Crippen molar-refractivity contribution in [3.8, 4) is 0 Å². The number of sulfone groups is 1. The minimum absolute atomic E-state index is 0.00123. The Labute approximate surface area is 142 Å². The summed E-state index contributed by atoms with van der Waals surface area (Å²) in [6.07, 6.45) is 8.23. The molecule has 5 nitrogen and oxygen atoms in total. The van der Waals surface area contributed by atoms with E-state index in [0.29, 0.717) is 24.1 Å². The van der Waals surface area contributed by atoms with Crippen LogP contribution >= 0.6 is 11.8 Å². The van der Waals surface area contributed by atoms with Crippen molar-refractivity contribution in [3.05, 3.63) is 12.7 Å². The summed E-state index contributed by atoms with van der Waals surface area (Å²) in [4.78, 5) is 18.4. The van der Waals surface area contributed by atoms with Crippen LogP contribution in [0, 0.1) is 5.92 Å². The van der Waals surface area contributed by atoms with Gasteiger partial charge in [-0.25, -0.2) is 8.42 Å². The predicted octanol–water partition coefficient (Wildman–Crippen LogP) is 2.24. The number of fused-ring (bicyclic) bond motifs is 1. The second kappa shape index (κ2) is 6.97. The molecule has 0 radical (unpaired) electrons. The van der Waals surface area contributed by atoms with E-state index in [1.165, 1.54) is 37.4 Å². The summed E-state index contributed by atoms with van der Waals surface area (Å²) in [5.74, 6) is 0.958. The number of hydrogen-bond donors (Lipinski definition) is 0. The van der Waals surface area contributed by atoms with E-state index in [2.05, 4.69) is 11.6 Å². The van der Waals surface area contributed by atoms with Crippen LogP contribution in [0.2, 0.25) is 0 Å². The Morgan fingerprint density at radius 3 is 2.78 bits per heavy atom. The van der Waals surface area contributed by atoms with E-state index in [4.69, 9.17) is 0 Å². The Morgan fingerprint density at radius 1 is 1.35 bits per heavy atom. The van der Waals surface area contributed by atoms with E-state index in [1.54, 1.807) is 6.08 Å². The Balaban J connectivity index is 1.63. The molecule has 128 valence electrons. The van der Waals surface area contributed by atoms with Gasteiger partial charge in [-0.15, -0.1) is 6.58 Å². The fourth-order valence-electron chi connectivity index (χ4n) is 3.78. The summed E-state index contributed by atoms with van der Waals surface area (Å²) in [7, 11) is -2.97. The smallest absolute Gasteiger partial charge is 0.248 e. The monoisotopic (exact) mass is 356 g/mol. The average Bonchev–Trinajstić information content (AvgIpc) is 3.15. The Bertz CT molecular complexity index is 609. The zero-order valence-corrected chi connectivity index (χ0v) is 14.9. The number of aliphatic imine (C=N–C) groups is 1. The highest BCUT2D eigenvalue weighted by atomic mass is 32.2. The van der Waals surface area contributed by atoms with E-state index in [-0.39, 0.29) is 28.7 Å². The van der Waals surface area contributed by atoms with E-state index in [9.17, 15) is 13.2 Å². The quantitative estimate of drug-likeness (QED) is 0.707. The van der Waals surface area contributed by atoms with Gasteiger partial charge in [0.25, 0.3) is 0 Å². The molecule has 0 bridgehead atoms. The number of rotatable bonds is 5. The van der Waals surface area contributed by atoms with Crippen molar-refractivity contribution in [2.24, 2.45) is 10.9 Å². The van der Waals surface area contributed by atoms with Crippen LogP contribution in [-0.4, -0.2) is 53.7 Å². The zero-order chi connectivity index (χ0) is 16.4. The molecule has 2 heterocycles. The summed E-state index contributed by atoms with van der Waals surface area (Å²) < 4.78 is 23.6. The normalized spacial score (nSPS) is 31.7. The summed E-state index contributed by atoms with van der Waals surface area (Å²) in [6, 6.07) is -0.0654. The number of amides is 1. The van der Waals surface area contributed by atoms with Crippen molar-refractivity contribution < 1.29 is 13.2 Å². The van der Waals surface area contributed by atoms with Gasteiger partial charge in [0.05, 0.1) is 17.5 Å². The van der Waals surface area contributed by atoms with Crippen molar-refractivity contribution in [2.45, 2.75) is 49.8 Å². The van der Waals surface area contributed by atoms with Crippen molar-refractivity contribution in [2.75, 3.05) is 18.1 Å². The molecule has 0 aromatic heterocycles. The SMILES string of the molecule is C=CCN1C(=NC(=O)CCC2CCCC2)S[C@H]2CS(=O)(=O)C[C@@H]21. The summed E-state index contributed by atoms with van der Waals surface area (Å²) >= 11 is 1.45. The van der Waals surface area contributed by atoms with E-state index < -0.39 is 9.84 Å². The van der Waals surface area contributed by atoms with Gasteiger partial charge in [-0.2, -0.15) is 4.99 Å². The average molecular weight is 357 g/mol. The maximum Gasteiger partial charge on any atom is 0.248 e. The third-order valence-electron chi connectivity index (χ3n) is 4.96. The van der Waals surface area contributed by atoms with Crippen LogP contribution < -0.4 is 0 Å². The van der Waals surface area contributed by atoms with Gasteiger partial charge in [0.15, 0.2) is 15.0 Å². The molecule has 7 heteroatoms. The van der Waals surface area contributed by atoms with Gasteiger partial charge in [0.2, 0.25) is 5.91 Å². The number of carbonyl (C=O) groups excluding carboxylic acids is 1. The molecule has 3 fully saturated rings. The molecule has 0 N–H and O–H groups in total. The molecule has 2 atom stereocenters. The highest BCUT2D eigenvalue weighted by molar-refractivity contribution is 8.15. The first-order valence-corrected chi connectivity index (χ1v) is 11.0. The van der Waals surface area contributed by atoms with Gasteiger partial charge < -0.3 is 4.90 Å². The molecule has 0 aromatic rings. The number of amidine groups is 1. The summed E-state index contributed by atoms with van der Waals surface area (Å²) in [6.45, 7) is 4.28. The molecular weight excluding hydrogens is 332 g/mol. The van der Waals surface area contributed by atoms with Crippen molar-refractivity contribution >= 4 is 32.7 Å². The van der Waals surface area contributed by atoms with Crippen LogP contribution in [0.5, 0.6) is 0 Å². The standard InChI is InChI=1S/C16H24N2O3S2/c1-2-9-18-13-10-23(20,21)11-14(13)22-16(18)17-15(19)8-7-12-5-3-4-6-12/h2,12-14H,1,3-11H2/t13-,14-/m0/s1. The van der Waals surface area contributed by atoms with E-state index in [0.717, 1.165) is 6.42 Å². The van der Waals surface area contributed by atoms with Gasteiger partial charge in [-0.3, -0.25) is 4.79 Å². The first-order chi connectivity index (χ1) is 11.0. The molecule has 0 aromatic carbocycles. The summed E-state index contributed by atoms with van der Waals surface area (Å²) in [5, 5.41) is 0.688. The van der Waals surface area contributed by atoms with Crippen molar-refractivity contribution in [1.29, 1.82) is 0 Å². The van der Waals surface area contributed by atoms with Crippen LogP contribution in [-0.2, 0) is 14.6 Å². The molecule has 3 rings (SSSR count). The lowest BCUT2D eigenvalue weighted by atomic mass is 10.0. The van der Waals surface area contributed by atoms with Gasteiger partial charge >= 0.3 is 0 Å². The molecule has 1 aliphatic carbocycles. The highest BCUT2D eigenvalue weighted by Crippen LogP contribution is 2.38. The fourth-order valence-corrected chi connectivity index (χ4v) is 7.76. The van der Waals surface area contributed by atoms with Gasteiger partial charge in [0.1, 0.15) is 0 Å². The molecule has 2 aliphatic heterocycles. The Kier molecular flexibility index (Phi) is 5.16. The molecule has 0 unspecified atom stereocenters. The van der Waals surface area contributed by atoms with Gasteiger partial charge in [0, 0.05) is 18.2 Å². The van der Waals surface area contributed by atoms with Crippen LogP contribution in [0.15, 0.2) is 17.6 Å². The summed E-state index contributed by atoms with van der Waals surface area (Å²) in [5.41, 5.74) is 0. The van der Waals surface area contributed by atoms with Crippen LogP contribution in [0.1, 0.15) is 38.5 Å². The second-order valence-electron chi connectivity index (χ2n) is 6.72. The minimum Gasteiger partial charge on any atom is -0.342 e. The van der Waals surface area contributed by atoms with Gasteiger partial charge in [-0.1, -0.05) is 43.5 Å². The molecule has 23 heavy (non-hydrogen) atoms. The lowest BCUT2D eigenvalue weighted by Gasteiger charge is -2.22. The number of thioether (sulfide) groups is 1.